The minimum absolute atomic E-state index is 0.0599. The first-order valence-electron chi connectivity index (χ1n) is 8.04. The van der Waals surface area contributed by atoms with Crippen LogP contribution in [-0.4, -0.2) is 18.4 Å². The first-order valence-corrected chi connectivity index (χ1v) is 8.04. The molecule has 1 aliphatic heterocycles. The zero-order chi connectivity index (χ0) is 16.2. The van der Waals surface area contributed by atoms with Crippen molar-refractivity contribution in [3.8, 4) is 6.07 Å². The standard InChI is InChI=1S/C20H20N2O/c1-15-5-2-3-7-19(15)20(23)16-8-10-18(11-9-16)22-14-4-6-17(22)12-13-21/h2-3,5,7-11,17H,4,6,12,14H2,1H3/t17-/m0/s1. The Balaban J connectivity index is 1.81. The monoisotopic (exact) mass is 304 g/mol. The molecular weight excluding hydrogens is 284 g/mol. The minimum Gasteiger partial charge on any atom is -0.368 e. The van der Waals surface area contributed by atoms with E-state index in [0.717, 1.165) is 36.2 Å². The van der Waals surface area contributed by atoms with Gasteiger partial charge in [-0.1, -0.05) is 24.3 Å². The van der Waals surface area contributed by atoms with E-state index in [1.54, 1.807) is 0 Å². The van der Waals surface area contributed by atoms with Gasteiger partial charge in [-0.15, -0.1) is 0 Å². The van der Waals surface area contributed by atoms with Crippen molar-refractivity contribution in [2.24, 2.45) is 0 Å². The van der Waals surface area contributed by atoms with Crippen molar-refractivity contribution in [2.75, 3.05) is 11.4 Å². The molecule has 0 bridgehead atoms. The Morgan fingerprint density at radius 1 is 1.22 bits per heavy atom. The van der Waals surface area contributed by atoms with E-state index in [1.807, 2.05) is 55.5 Å². The molecule has 3 rings (SSSR count). The number of nitriles is 1. The molecule has 1 heterocycles. The summed E-state index contributed by atoms with van der Waals surface area (Å²) in [5.74, 6) is 0.0599. The van der Waals surface area contributed by atoms with E-state index in [2.05, 4.69) is 11.0 Å². The highest BCUT2D eigenvalue weighted by molar-refractivity contribution is 6.10. The number of hydrogen-bond donors (Lipinski definition) is 0. The highest BCUT2D eigenvalue weighted by Gasteiger charge is 2.24. The summed E-state index contributed by atoms with van der Waals surface area (Å²) in [4.78, 5) is 14.9. The molecule has 23 heavy (non-hydrogen) atoms. The summed E-state index contributed by atoms with van der Waals surface area (Å²) in [5.41, 5.74) is 3.56. The lowest BCUT2D eigenvalue weighted by molar-refractivity contribution is 0.103. The Bertz CT molecular complexity index is 743. The van der Waals surface area contributed by atoms with E-state index < -0.39 is 0 Å². The van der Waals surface area contributed by atoms with Crippen molar-refractivity contribution in [3.63, 3.8) is 0 Å². The molecule has 3 heteroatoms. The molecule has 0 amide bonds. The van der Waals surface area contributed by atoms with Crippen LogP contribution >= 0.6 is 0 Å². The van der Waals surface area contributed by atoms with Crippen molar-refractivity contribution in [1.29, 1.82) is 5.26 Å². The summed E-state index contributed by atoms with van der Waals surface area (Å²) in [7, 11) is 0. The van der Waals surface area contributed by atoms with Crippen LogP contribution in [0.4, 0.5) is 5.69 Å². The van der Waals surface area contributed by atoms with Gasteiger partial charge in [0.25, 0.3) is 0 Å². The lowest BCUT2D eigenvalue weighted by Gasteiger charge is -2.25. The second-order valence-corrected chi connectivity index (χ2v) is 6.04. The van der Waals surface area contributed by atoms with Gasteiger partial charge in [-0.05, 0) is 49.6 Å². The van der Waals surface area contributed by atoms with Crippen LogP contribution < -0.4 is 4.90 Å². The van der Waals surface area contributed by atoms with Crippen molar-refractivity contribution >= 4 is 11.5 Å². The summed E-state index contributed by atoms with van der Waals surface area (Å²) in [6.07, 6.45) is 2.75. The highest BCUT2D eigenvalue weighted by Crippen LogP contribution is 2.27. The molecule has 2 aromatic rings. The SMILES string of the molecule is Cc1ccccc1C(=O)c1ccc(N2CCC[C@H]2CC#N)cc1. The largest absolute Gasteiger partial charge is 0.368 e. The molecule has 0 aromatic heterocycles. The van der Waals surface area contributed by atoms with E-state index >= 15 is 0 Å². The van der Waals surface area contributed by atoms with Crippen LogP contribution in [0.5, 0.6) is 0 Å². The second-order valence-electron chi connectivity index (χ2n) is 6.04. The molecule has 1 aliphatic rings. The van der Waals surface area contributed by atoms with Crippen LogP contribution in [0.15, 0.2) is 48.5 Å². The van der Waals surface area contributed by atoms with Crippen LogP contribution in [0.25, 0.3) is 0 Å². The molecule has 0 unspecified atom stereocenters. The average Bonchev–Trinajstić information content (AvgIpc) is 3.03. The maximum Gasteiger partial charge on any atom is 0.193 e. The molecule has 1 saturated heterocycles. The van der Waals surface area contributed by atoms with Gasteiger partial charge >= 0.3 is 0 Å². The first kappa shape index (κ1) is 15.3. The Kier molecular flexibility index (Phi) is 4.43. The molecule has 1 fully saturated rings. The third-order valence-corrected chi connectivity index (χ3v) is 4.55. The molecule has 0 radical (unpaired) electrons. The Hall–Kier alpha value is -2.60. The fraction of sp³-hybridized carbons (Fsp3) is 0.300. The van der Waals surface area contributed by atoms with E-state index in [4.69, 9.17) is 5.26 Å². The third-order valence-electron chi connectivity index (χ3n) is 4.55. The topological polar surface area (TPSA) is 44.1 Å². The number of hydrogen-bond acceptors (Lipinski definition) is 3. The van der Waals surface area contributed by atoms with Gasteiger partial charge in [0.05, 0.1) is 12.5 Å². The second kappa shape index (κ2) is 6.66. The number of anilines is 1. The van der Waals surface area contributed by atoms with E-state index in [9.17, 15) is 4.79 Å². The summed E-state index contributed by atoms with van der Waals surface area (Å²) in [6.45, 7) is 2.94. The lowest BCUT2D eigenvalue weighted by atomic mass is 9.99. The first-order chi connectivity index (χ1) is 11.2. The van der Waals surface area contributed by atoms with Crippen LogP contribution in [0.2, 0.25) is 0 Å². The van der Waals surface area contributed by atoms with Gasteiger partial charge in [0, 0.05) is 29.4 Å². The maximum absolute atomic E-state index is 12.6. The predicted molar refractivity (Wildman–Crippen MR) is 91.7 cm³/mol. The normalized spacial score (nSPS) is 17.0. The number of carbonyl (C=O) groups is 1. The van der Waals surface area contributed by atoms with Crippen LogP contribution in [-0.2, 0) is 0 Å². The fourth-order valence-electron chi connectivity index (χ4n) is 3.28. The quantitative estimate of drug-likeness (QED) is 0.798. The van der Waals surface area contributed by atoms with E-state index in [0.29, 0.717) is 18.0 Å². The van der Waals surface area contributed by atoms with E-state index in [1.165, 1.54) is 0 Å². The van der Waals surface area contributed by atoms with Crippen LogP contribution in [0.1, 0.15) is 40.7 Å². The van der Waals surface area contributed by atoms with Gasteiger partial charge in [0.2, 0.25) is 0 Å². The number of ketones is 1. The van der Waals surface area contributed by atoms with Crippen molar-refractivity contribution < 1.29 is 4.79 Å². The Morgan fingerprint density at radius 3 is 2.65 bits per heavy atom. The average molecular weight is 304 g/mol. The van der Waals surface area contributed by atoms with Gasteiger partial charge in [-0.3, -0.25) is 4.79 Å². The van der Waals surface area contributed by atoms with Gasteiger partial charge in [-0.2, -0.15) is 5.26 Å². The van der Waals surface area contributed by atoms with Crippen LogP contribution in [0.3, 0.4) is 0 Å². The van der Waals surface area contributed by atoms with Gasteiger partial charge in [-0.25, -0.2) is 0 Å². The van der Waals surface area contributed by atoms with Crippen molar-refractivity contribution in [1.82, 2.24) is 0 Å². The number of carbonyl (C=O) groups excluding carboxylic acids is 1. The molecule has 1 atom stereocenters. The number of benzene rings is 2. The van der Waals surface area contributed by atoms with Gasteiger partial charge in [0.15, 0.2) is 5.78 Å². The van der Waals surface area contributed by atoms with Crippen LogP contribution in [0, 0.1) is 18.3 Å². The van der Waals surface area contributed by atoms with Gasteiger partial charge < -0.3 is 4.90 Å². The molecular formula is C20H20N2O. The molecule has 0 spiro atoms. The summed E-state index contributed by atoms with van der Waals surface area (Å²) in [5, 5.41) is 8.94. The predicted octanol–water partition coefficient (Wildman–Crippen LogP) is 4.11. The fourth-order valence-corrected chi connectivity index (χ4v) is 3.28. The van der Waals surface area contributed by atoms with Crippen molar-refractivity contribution in [3.05, 3.63) is 65.2 Å². The molecule has 2 aromatic carbocycles. The Labute approximate surface area is 137 Å². The molecule has 3 nitrogen and oxygen atoms in total. The lowest BCUT2D eigenvalue weighted by Crippen LogP contribution is -2.28. The summed E-state index contributed by atoms with van der Waals surface area (Å²) >= 11 is 0. The molecule has 116 valence electrons. The van der Waals surface area contributed by atoms with Crippen molar-refractivity contribution in [2.45, 2.75) is 32.2 Å². The summed E-state index contributed by atoms with van der Waals surface area (Å²) in [6, 6.07) is 18.0. The number of aryl methyl sites for hydroxylation is 1. The number of nitrogens with zero attached hydrogens (tertiary/aromatic N) is 2. The smallest absolute Gasteiger partial charge is 0.193 e. The zero-order valence-corrected chi connectivity index (χ0v) is 13.3. The van der Waals surface area contributed by atoms with Gasteiger partial charge in [0.1, 0.15) is 0 Å². The minimum atomic E-state index is 0.0599. The van der Waals surface area contributed by atoms with E-state index in [-0.39, 0.29) is 5.78 Å². The summed E-state index contributed by atoms with van der Waals surface area (Å²) < 4.78 is 0. The third kappa shape index (κ3) is 3.12. The molecule has 0 N–H and O–H groups in total. The molecule has 0 aliphatic carbocycles. The molecule has 0 saturated carbocycles. The zero-order valence-electron chi connectivity index (χ0n) is 13.3. The maximum atomic E-state index is 12.6. The highest BCUT2D eigenvalue weighted by atomic mass is 16.1. The Morgan fingerprint density at radius 2 is 1.96 bits per heavy atom. The number of rotatable bonds is 4.